The van der Waals surface area contributed by atoms with Crippen LogP contribution in [0.1, 0.15) is 32.6 Å². The first kappa shape index (κ1) is 7.29. The van der Waals surface area contributed by atoms with Crippen molar-refractivity contribution in [2.24, 2.45) is 11.3 Å². The summed E-state index contributed by atoms with van der Waals surface area (Å²) in [5, 5.41) is 9.48. The monoisotopic (exact) mass is 154 g/mol. The highest BCUT2D eigenvalue weighted by atomic mass is 16.3. The molecule has 1 N–H and O–H groups in total. The Hall–Kier alpha value is -0.370. The van der Waals surface area contributed by atoms with Crippen LogP contribution in [0.3, 0.4) is 0 Å². The second-order valence-corrected chi connectivity index (χ2v) is 4.11. The molecule has 0 spiro atoms. The Morgan fingerprint density at radius 3 is 2.55 bits per heavy atom. The molecule has 62 valence electrons. The number of rotatable bonds is 1. The van der Waals surface area contributed by atoms with Crippen LogP contribution in [0.5, 0.6) is 0 Å². The van der Waals surface area contributed by atoms with Crippen LogP contribution in [-0.4, -0.2) is 17.0 Å². The second kappa shape index (κ2) is 2.07. The van der Waals surface area contributed by atoms with Crippen LogP contribution in [-0.2, 0) is 4.79 Å². The fourth-order valence-electron chi connectivity index (χ4n) is 2.71. The summed E-state index contributed by atoms with van der Waals surface area (Å²) in [6, 6.07) is 0. The van der Waals surface area contributed by atoms with Crippen LogP contribution in [0.15, 0.2) is 0 Å². The molecule has 2 bridgehead atoms. The van der Waals surface area contributed by atoms with Crippen LogP contribution in [0.25, 0.3) is 0 Å². The van der Waals surface area contributed by atoms with Gasteiger partial charge in [-0.25, -0.2) is 0 Å². The molecule has 0 saturated heterocycles. The third kappa shape index (κ3) is 0.853. The highest BCUT2D eigenvalue weighted by molar-refractivity contribution is 5.83. The van der Waals surface area contributed by atoms with Gasteiger partial charge in [0.05, 0.1) is 6.10 Å². The quantitative estimate of drug-likeness (QED) is 0.614. The zero-order valence-electron chi connectivity index (χ0n) is 6.84. The first-order chi connectivity index (χ1) is 5.14. The summed E-state index contributed by atoms with van der Waals surface area (Å²) in [7, 11) is 0. The molecular formula is C9H14O2. The van der Waals surface area contributed by atoms with E-state index in [-0.39, 0.29) is 17.3 Å². The van der Waals surface area contributed by atoms with E-state index >= 15 is 0 Å². The van der Waals surface area contributed by atoms with Crippen molar-refractivity contribution in [2.45, 2.75) is 38.7 Å². The van der Waals surface area contributed by atoms with E-state index in [1.54, 1.807) is 6.92 Å². The van der Waals surface area contributed by atoms with E-state index in [4.69, 9.17) is 0 Å². The van der Waals surface area contributed by atoms with Crippen molar-refractivity contribution in [3.63, 3.8) is 0 Å². The summed E-state index contributed by atoms with van der Waals surface area (Å²) >= 11 is 0. The summed E-state index contributed by atoms with van der Waals surface area (Å²) in [6.07, 6.45) is 3.56. The molecule has 0 aromatic rings. The molecule has 0 aromatic heterocycles. The number of ketones is 1. The lowest BCUT2D eigenvalue weighted by Gasteiger charge is -2.24. The minimum atomic E-state index is -0.187. The molecule has 0 aliphatic heterocycles. The highest BCUT2D eigenvalue weighted by Gasteiger charge is 2.52. The van der Waals surface area contributed by atoms with Crippen LogP contribution < -0.4 is 0 Å². The van der Waals surface area contributed by atoms with Crippen molar-refractivity contribution < 1.29 is 9.90 Å². The van der Waals surface area contributed by atoms with E-state index in [2.05, 4.69) is 0 Å². The molecular weight excluding hydrogens is 140 g/mol. The van der Waals surface area contributed by atoms with Gasteiger partial charge in [-0.1, -0.05) is 0 Å². The Kier molecular flexibility index (Phi) is 1.37. The molecule has 3 atom stereocenters. The zero-order chi connectivity index (χ0) is 8.06. The minimum absolute atomic E-state index is 0.107. The molecule has 2 nitrogen and oxygen atoms in total. The summed E-state index contributed by atoms with van der Waals surface area (Å²) in [6.45, 7) is 1.67. The molecule has 0 radical (unpaired) electrons. The van der Waals surface area contributed by atoms with Gasteiger partial charge in [0.25, 0.3) is 0 Å². The molecule has 2 aliphatic rings. The Morgan fingerprint density at radius 2 is 2.27 bits per heavy atom. The van der Waals surface area contributed by atoms with Gasteiger partial charge in [0.15, 0.2) is 0 Å². The number of carbonyl (C=O) groups is 1. The Labute approximate surface area is 66.6 Å². The summed E-state index contributed by atoms with van der Waals surface area (Å²) in [4.78, 5) is 11.3. The van der Waals surface area contributed by atoms with E-state index in [1.807, 2.05) is 0 Å². The van der Waals surface area contributed by atoms with Gasteiger partial charge in [0, 0.05) is 5.41 Å². The topological polar surface area (TPSA) is 37.3 Å². The molecule has 2 aliphatic carbocycles. The standard InChI is InChI=1S/C9H14O2/c1-6(10)9-3-2-7(4-9)8(11)5-9/h7-8,11H,2-5H2,1H3/t7-,8-,9-/m0/s1. The Balaban J connectivity index is 2.23. The first-order valence-corrected chi connectivity index (χ1v) is 4.33. The summed E-state index contributed by atoms with van der Waals surface area (Å²) in [5.41, 5.74) is -0.107. The number of hydrogen-bond donors (Lipinski definition) is 1. The number of Topliss-reactive ketones (excluding diaryl/α,β-unsaturated/α-hetero) is 1. The fourth-order valence-corrected chi connectivity index (χ4v) is 2.71. The maximum atomic E-state index is 11.3. The fraction of sp³-hybridized carbons (Fsp3) is 0.889. The van der Waals surface area contributed by atoms with Gasteiger partial charge in [-0.05, 0) is 38.5 Å². The molecule has 0 unspecified atom stereocenters. The number of aliphatic hydroxyl groups is 1. The third-order valence-electron chi connectivity index (χ3n) is 3.54. The van der Waals surface area contributed by atoms with Crippen molar-refractivity contribution in [1.29, 1.82) is 0 Å². The van der Waals surface area contributed by atoms with E-state index in [0.717, 1.165) is 25.7 Å². The van der Waals surface area contributed by atoms with Gasteiger partial charge in [-0.2, -0.15) is 0 Å². The van der Waals surface area contributed by atoms with Crippen LogP contribution in [0.2, 0.25) is 0 Å². The van der Waals surface area contributed by atoms with E-state index in [0.29, 0.717) is 5.92 Å². The lowest BCUT2D eigenvalue weighted by atomic mass is 9.80. The molecule has 11 heavy (non-hydrogen) atoms. The SMILES string of the molecule is CC(=O)[C@@]12CC[C@@H](C1)[C@@H](O)C2. The lowest BCUT2D eigenvalue weighted by Crippen LogP contribution is -2.27. The zero-order valence-corrected chi connectivity index (χ0v) is 6.84. The molecule has 2 heteroatoms. The number of fused-ring (bicyclic) bond motifs is 2. The van der Waals surface area contributed by atoms with Crippen molar-refractivity contribution >= 4 is 5.78 Å². The minimum Gasteiger partial charge on any atom is -0.393 e. The average molecular weight is 154 g/mol. The van der Waals surface area contributed by atoms with E-state index in [1.165, 1.54) is 0 Å². The maximum absolute atomic E-state index is 11.3. The largest absolute Gasteiger partial charge is 0.393 e. The van der Waals surface area contributed by atoms with Gasteiger partial charge in [-0.3, -0.25) is 4.79 Å². The Bertz CT molecular complexity index is 196. The summed E-state index contributed by atoms with van der Waals surface area (Å²) in [5.74, 6) is 0.718. The van der Waals surface area contributed by atoms with Gasteiger partial charge < -0.3 is 5.11 Å². The predicted octanol–water partition coefficient (Wildman–Crippen LogP) is 1.13. The maximum Gasteiger partial charge on any atom is 0.136 e. The molecule has 2 saturated carbocycles. The van der Waals surface area contributed by atoms with Gasteiger partial charge >= 0.3 is 0 Å². The van der Waals surface area contributed by atoms with Crippen molar-refractivity contribution in [1.82, 2.24) is 0 Å². The van der Waals surface area contributed by atoms with E-state index < -0.39 is 0 Å². The van der Waals surface area contributed by atoms with Gasteiger partial charge in [0.1, 0.15) is 5.78 Å². The van der Waals surface area contributed by atoms with Crippen molar-refractivity contribution in [2.75, 3.05) is 0 Å². The molecule has 2 fully saturated rings. The van der Waals surface area contributed by atoms with Crippen LogP contribution >= 0.6 is 0 Å². The molecule has 2 rings (SSSR count). The normalized spacial score (nSPS) is 48.2. The smallest absolute Gasteiger partial charge is 0.136 e. The second-order valence-electron chi connectivity index (χ2n) is 4.11. The molecule has 0 amide bonds. The Morgan fingerprint density at radius 1 is 1.55 bits per heavy atom. The van der Waals surface area contributed by atoms with E-state index in [9.17, 15) is 9.90 Å². The molecule has 0 aromatic carbocycles. The lowest BCUT2D eigenvalue weighted by molar-refractivity contribution is -0.126. The van der Waals surface area contributed by atoms with Gasteiger partial charge in [0.2, 0.25) is 0 Å². The van der Waals surface area contributed by atoms with Crippen molar-refractivity contribution in [3.8, 4) is 0 Å². The van der Waals surface area contributed by atoms with Crippen LogP contribution in [0, 0.1) is 11.3 Å². The number of hydrogen-bond acceptors (Lipinski definition) is 2. The molecule has 0 heterocycles. The predicted molar refractivity (Wildman–Crippen MR) is 41.1 cm³/mol. The third-order valence-corrected chi connectivity index (χ3v) is 3.54. The van der Waals surface area contributed by atoms with Crippen LogP contribution in [0.4, 0.5) is 0 Å². The highest BCUT2D eigenvalue weighted by Crippen LogP contribution is 2.54. The number of carbonyl (C=O) groups excluding carboxylic acids is 1. The number of aliphatic hydroxyl groups excluding tert-OH is 1. The first-order valence-electron chi connectivity index (χ1n) is 4.33. The van der Waals surface area contributed by atoms with Gasteiger partial charge in [-0.15, -0.1) is 0 Å². The summed E-state index contributed by atoms with van der Waals surface area (Å²) < 4.78 is 0. The average Bonchev–Trinajstić information content (AvgIpc) is 2.44. The van der Waals surface area contributed by atoms with Crippen molar-refractivity contribution in [3.05, 3.63) is 0 Å².